The normalized spacial score (nSPS) is 19.6. The molecule has 2 aromatic rings. The lowest BCUT2D eigenvalue weighted by atomic mass is 9.89. The second-order valence-electron chi connectivity index (χ2n) is 6.00. The zero-order valence-electron chi connectivity index (χ0n) is 13.5. The lowest BCUT2D eigenvalue weighted by Crippen LogP contribution is -2.33. The van der Waals surface area contributed by atoms with Gasteiger partial charge in [-0.05, 0) is 29.8 Å². The highest BCUT2D eigenvalue weighted by molar-refractivity contribution is 5.80. The molecule has 3 rings (SSSR count). The molecule has 2 aromatic carbocycles. The number of rotatable bonds is 5. The Morgan fingerprint density at radius 1 is 1.08 bits per heavy atom. The molecule has 0 aliphatic carbocycles. The first-order valence-corrected chi connectivity index (χ1v) is 7.98. The van der Waals surface area contributed by atoms with Crippen LogP contribution >= 0.6 is 0 Å². The van der Waals surface area contributed by atoms with Gasteiger partial charge in [-0.25, -0.2) is 4.39 Å². The molecule has 1 saturated heterocycles. The summed E-state index contributed by atoms with van der Waals surface area (Å²) in [7, 11) is 0. The molecule has 0 bridgehead atoms. The summed E-state index contributed by atoms with van der Waals surface area (Å²) in [4.78, 5) is 25.4. The predicted octanol–water partition coefficient (Wildman–Crippen LogP) is 2.53. The van der Waals surface area contributed by atoms with Gasteiger partial charge in [0.05, 0.1) is 5.92 Å². The van der Waals surface area contributed by atoms with Crippen molar-refractivity contribution >= 4 is 11.9 Å². The van der Waals surface area contributed by atoms with Gasteiger partial charge >= 0.3 is 5.97 Å². The van der Waals surface area contributed by atoms with Gasteiger partial charge < -0.3 is 14.7 Å². The first kappa shape index (κ1) is 17.0. The highest BCUT2D eigenvalue weighted by atomic mass is 19.1. The fourth-order valence-corrected chi connectivity index (χ4v) is 3.06. The fourth-order valence-electron chi connectivity index (χ4n) is 3.06. The summed E-state index contributed by atoms with van der Waals surface area (Å²) >= 11 is 0. The molecule has 0 radical (unpaired) electrons. The zero-order chi connectivity index (χ0) is 17.8. The van der Waals surface area contributed by atoms with E-state index in [-0.39, 0.29) is 30.8 Å². The van der Waals surface area contributed by atoms with Crippen LogP contribution in [-0.2, 0) is 9.59 Å². The molecule has 5 nitrogen and oxygen atoms in total. The molecule has 2 atom stereocenters. The van der Waals surface area contributed by atoms with Gasteiger partial charge in [-0.2, -0.15) is 0 Å². The van der Waals surface area contributed by atoms with E-state index in [1.165, 1.54) is 29.2 Å². The average Bonchev–Trinajstić information content (AvgIpc) is 3.07. The molecule has 1 amide bonds. The van der Waals surface area contributed by atoms with Crippen molar-refractivity contribution in [3.8, 4) is 5.75 Å². The van der Waals surface area contributed by atoms with Crippen LogP contribution in [0.1, 0.15) is 11.5 Å². The highest BCUT2D eigenvalue weighted by Crippen LogP contribution is 2.32. The molecule has 25 heavy (non-hydrogen) atoms. The van der Waals surface area contributed by atoms with Gasteiger partial charge in [-0.1, -0.05) is 30.3 Å². The van der Waals surface area contributed by atoms with Crippen LogP contribution < -0.4 is 4.74 Å². The fraction of sp³-hybridized carbons (Fsp3) is 0.263. The number of carbonyl (C=O) groups is 2. The number of halogens is 1. The lowest BCUT2D eigenvalue weighted by molar-refractivity contribution is -0.142. The van der Waals surface area contributed by atoms with Gasteiger partial charge in [-0.3, -0.25) is 9.59 Å². The number of ether oxygens (including phenoxy) is 1. The van der Waals surface area contributed by atoms with Crippen molar-refractivity contribution in [2.75, 3.05) is 19.7 Å². The maximum atomic E-state index is 12.9. The number of hydrogen-bond donors (Lipinski definition) is 1. The number of nitrogens with zero attached hydrogens (tertiary/aromatic N) is 1. The molecular weight excluding hydrogens is 325 g/mol. The number of amides is 1. The van der Waals surface area contributed by atoms with Crippen molar-refractivity contribution in [3.05, 3.63) is 66.0 Å². The first-order chi connectivity index (χ1) is 12.0. The van der Waals surface area contributed by atoms with Crippen molar-refractivity contribution in [1.82, 2.24) is 4.90 Å². The molecule has 6 heteroatoms. The maximum Gasteiger partial charge on any atom is 0.308 e. The van der Waals surface area contributed by atoms with Crippen LogP contribution in [0.15, 0.2) is 54.6 Å². The van der Waals surface area contributed by atoms with E-state index in [1.54, 1.807) is 0 Å². The van der Waals surface area contributed by atoms with E-state index in [4.69, 9.17) is 4.74 Å². The van der Waals surface area contributed by atoms with E-state index in [0.29, 0.717) is 12.3 Å². The number of carboxylic acids is 1. The average molecular weight is 343 g/mol. The van der Waals surface area contributed by atoms with Gasteiger partial charge in [0.25, 0.3) is 5.91 Å². The summed E-state index contributed by atoms with van der Waals surface area (Å²) in [6, 6.07) is 14.7. The summed E-state index contributed by atoms with van der Waals surface area (Å²) in [5.74, 6) is -2.07. The van der Waals surface area contributed by atoms with Gasteiger partial charge in [0.2, 0.25) is 0 Å². The Morgan fingerprint density at radius 3 is 2.40 bits per heavy atom. The predicted molar refractivity (Wildman–Crippen MR) is 88.8 cm³/mol. The monoisotopic (exact) mass is 343 g/mol. The summed E-state index contributed by atoms with van der Waals surface area (Å²) in [6.45, 7) is 0.284. The second-order valence-corrected chi connectivity index (χ2v) is 6.00. The second kappa shape index (κ2) is 7.34. The zero-order valence-corrected chi connectivity index (χ0v) is 13.5. The Morgan fingerprint density at radius 2 is 1.76 bits per heavy atom. The lowest BCUT2D eigenvalue weighted by Gasteiger charge is -2.17. The first-order valence-electron chi connectivity index (χ1n) is 7.98. The van der Waals surface area contributed by atoms with Crippen molar-refractivity contribution in [2.24, 2.45) is 5.92 Å². The van der Waals surface area contributed by atoms with E-state index in [2.05, 4.69) is 0 Å². The summed E-state index contributed by atoms with van der Waals surface area (Å²) < 4.78 is 18.2. The minimum Gasteiger partial charge on any atom is -0.484 e. The molecule has 1 aliphatic rings. The third-order valence-corrected chi connectivity index (χ3v) is 4.39. The summed E-state index contributed by atoms with van der Waals surface area (Å²) in [5, 5.41) is 9.47. The van der Waals surface area contributed by atoms with Gasteiger partial charge in [0, 0.05) is 19.0 Å². The van der Waals surface area contributed by atoms with E-state index in [0.717, 1.165) is 5.56 Å². The molecule has 0 saturated carbocycles. The largest absolute Gasteiger partial charge is 0.484 e. The Bertz CT molecular complexity index is 748. The van der Waals surface area contributed by atoms with Crippen LogP contribution in [0, 0.1) is 11.7 Å². The molecule has 1 aliphatic heterocycles. The Kier molecular flexibility index (Phi) is 4.97. The number of carbonyl (C=O) groups excluding carboxylic acids is 1. The molecule has 1 N–H and O–H groups in total. The summed E-state index contributed by atoms with van der Waals surface area (Å²) in [5.41, 5.74) is 0.907. The van der Waals surface area contributed by atoms with Crippen LogP contribution in [0.2, 0.25) is 0 Å². The van der Waals surface area contributed by atoms with Crippen LogP contribution in [0.5, 0.6) is 5.75 Å². The number of hydrogen-bond acceptors (Lipinski definition) is 3. The molecule has 130 valence electrons. The molecule has 2 unspecified atom stereocenters. The molecule has 0 spiro atoms. The minimum atomic E-state index is -0.913. The van der Waals surface area contributed by atoms with Crippen LogP contribution in [0.3, 0.4) is 0 Å². The number of aliphatic carboxylic acids is 1. The van der Waals surface area contributed by atoms with Gasteiger partial charge in [0.1, 0.15) is 11.6 Å². The van der Waals surface area contributed by atoms with E-state index in [1.807, 2.05) is 30.3 Å². The van der Waals surface area contributed by atoms with Crippen LogP contribution in [0.4, 0.5) is 4.39 Å². The standard InChI is InChI=1S/C19H18FNO4/c20-14-6-8-15(9-7-14)25-12-18(22)21-10-16(17(11-21)19(23)24)13-4-2-1-3-5-13/h1-9,16-17H,10-12H2,(H,23,24). The molecular formula is C19H18FNO4. The SMILES string of the molecule is O=C(O)C1CN(C(=O)COc2ccc(F)cc2)CC1c1ccccc1. The van der Waals surface area contributed by atoms with E-state index in [9.17, 15) is 19.1 Å². The third-order valence-electron chi connectivity index (χ3n) is 4.39. The number of carboxylic acid groups (broad SMARTS) is 1. The Balaban J connectivity index is 1.65. The number of benzene rings is 2. The number of likely N-dealkylation sites (tertiary alicyclic amines) is 1. The van der Waals surface area contributed by atoms with Gasteiger partial charge in [-0.15, -0.1) is 0 Å². The quantitative estimate of drug-likeness (QED) is 0.906. The Hall–Kier alpha value is -2.89. The topological polar surface area (TPSA) is 66.8 Å². The van der Waals surface area contributed by atoms with Gasteiger partial charge in [0.15, 0.2) is 6.61 Å². The minimum absolute atomic E-state index is 0.153. The van der Waals surface area contributed by atoms with Crippen molar-refractivity contribution in [2.45, 2.75) is 5.92 Å². The molecule has 1 heterocycles. The summed E-state index contributed by atoms with van der Waals surface area (Å²) in [6.07, 6.45) is 0. The third kappa shape index (κ3) is 3.96. The smallest absolute Gasteiger partial charge is 0.308 e. The molecule has 0 aromatic heterocycles. The van der Waals surface area contributed by atoms with Crippen LogP contribution in [-0.4, -0.2) is 41.6 Å². The van der Waals surface area contributed by atoms with E-state index < -0.39 is 11.9 Å². The van der Waals surface area contributed by atoms with E-state index >= 15 is 0 Å². The highest BCUT2D eigenvalue weighted by Gasteiger charge is 2.40. The van der Waals surface area contributed by atoms with Crippen molar-refractivity contribution < 1.29 is 23.8 Å². The van der Waals surface area contributed by atoms with Crippen molar-refractivity contribution in [1.29, 1.82) is 0 Å². The van der Waals surface area contributed by atoms with Crippen molar-refractivity contribution in [3.63, 3.8) is 0 Å². The Labute approximate surface area is 144 Å². The maximum absolute atomic E-state index is 12.9. The van der Waals surface area contributed by atoms with Crippen LogP contribution in [0.25, 0.3) is 0 Å². The molecule has 1 fully saturated rings.